The van der Waals surface area contributed by atoms with Crippen LogP contribution in [-0.2, 0) is 21.7 Å². The second kappa shape index (κ2) is 64.7. The van der Waals surface area contributed by atoms with Crippen molar-refractivity contribution in [2.24, 2.45) is 0 Å². The number of hydrogen-bond donors (Lipinski definition) is 0. The van der Waals surface area contributed by atoms with Crippen LogP contribution in [0.25, 0.3) is 0 Å². The summed E-state index contributed by atoms with van der Waals surface area (Å²) in [5.41, 5.74) is 0. The maximum Gasteiger partial charge on any atom is 4.00 e. The van der Waals surface area contributed by atoms with Crippen LogP contribution in [0.15, 0.2) is 0 Å². The zero-order valence-corrected chi connectivity index (χ0v) is 11.1. The second-order valence-electron chi connectivity index (χ2n) is 0. The predicted octanol–water partition coefficient (Wildman–Crippen LogP) is -15.4. The molecule has 0 rings (SSSR count). The van der Waals surface area contributed by atoms with Crippen molar-refractivity contribution in [1.82, 2.24) is 0 Å². The first-order valence-electron chi connectivity index (χ1n) is 0. The third-order valence-electron chi connectivity index (χ3n) is 0. The van der Waals surface area contributed by atoms with Crippen molar-refractivity contribution in [3.8, 4) is 0 Å². The van der Waals surface area contributed by atoms with E-state index in [1.165, 1.54) is 0 Å². The van der Waals surface area contributed by atoms with Gasteiger partial charge in [0.1, 0.15) is 0 Å². The van der Waals surface area contributed by atoms with E-state index < -0.39 is 0 Å². The molecule has 0 atom stereocenters. The largest absolute Gasteiger partial charge is 4.00 e. The molecule has 0 fully saturated rings. The number of rotatable bonds is 0. The molecule has 0 aromatic carbocycles. The molecule has 0 saturated heterocycles. The Morgan fingerprint density at radius 1 is 0.429 bits per heavy atom. The van der Waals surface area contributed by atoms with E-state index in [1.54, 1.807) is 0 Å². The van der Waals surface area contributed by atoms with E-state index in [1.807, 2.05) is 0 Å². The van der Waals surface area contributed by atoms with Gasteiger partial charge in [-0.05, 0) is 0 Å². The van der Waals surface area contributed by atoms with Gasteiger partial charge in [0, 0.05) is 0 Å². The van der Waals surface area contributed by atoms with Crippen LogP contribution < -0.4 is 62.0 Å². The van der Waals surface area contributed by atoms with Gasteiger partial charge in [-0.3, -0.25) is 0 Å². The maximum atomic E-state index is 0. The molecule has 0 bridgehead atoms. The molecule has 0 saturated carbocycles. The molecule has 0 aliphatic carbocycles. The van der Waals surface area contributed by atoms with E-state index in [9.17, 15) is 0 Å². The standard InChI is InChI=1S/5ClH.Sn.Ti/h5*1H;;/q;;;;;+4;+2/p-5. The Bertz CT molecular complexity index is 8.04. The summed E-state index contributed by atoms with van der Waals surface area (Å²) in [4.78, 5) is 0. The Balaban J connectivity index is 0. The minimum Gasteiger partial charge on any atom is -1.00 e. The van der Waals surface area contributed by atoms with E-state index in [0.29, 0.717) is 0 Å². The molecule has 7 heavy (non-hydrogen) atoms. The van der Waals surface area contributed by atoms with Crippen LogP contribution in [0.3, 0.4) is 0 Å². The fraction of sp³-hybridized carbons (Fsp3) is 0. The molecule has 0 N–H and O–H groups in total. The molecular formula is Cl5SnTi+. The van der Waals surface area contributed by atoms with Gasteiger partial charge < -0.3 is 62.0 Å². The van der Waals surface area contributed by atoms with E-state index in [2.05, 4.69) is 0 Å². The SMILES string of the molecule is [Cl-].[Cl-].[Cl-].[Cl-].[Cl-].[Sn+4].[Ti+2]. The molecule has 42 valence electrons. The van der Waals surface area contributed by atoms with Crippen LogP contribution in [0.2, 0.25) is 0 Å². The Morgan fingerprint density at radius 3 is 0.429 bits per heavy atom. The monoisotopic (exact) mass is 343 g/mol. The Hall–Kier alpha value is 2.96. The molecule has 0 radical (unpaired) electrons. The minimum atomic E-state index is 0. The van der Waals surface area contributed by atoms with Crippen molar-refractivity contribution in [2.75, 3.05) is 0 Å². The van der Waals surface area contributed by atoms with Crippen molar-refractivity contribution >= 4 is 23.9 Å². The summed E-state index contributed by atoms with van der Waals surface area (Å²) < 4.78 is 0. The molecule has 0 spiro atoms. The van der Waals surface area contributed by atoms with Crippen molar-refractivity contribution in [3.05, 3.63) is 0 Å². The van der Waals surface area contributed by atoms with Crippen molar-refractivity contribution in [1.29, 1.82) is 0 Å². The number of halogens is 5. The third kappa shape index (κ3) is 49.5. The van der Waals surface area contributed by atoms with Crippen LogP contribution in [0.1, 0.15) is 0 Å². The molecule has 7 heteroatoms. The van der Waals surface area contributed by atoms with E-state index >= 15 is 0 Å². The smallest absolute Gasteiger partial charge is 1.00 e. The van der Waals surface area contributed by atoms with Crippen LogP contribution in [-0.4, -0.2) is 23.9 Å². The summed E-state index contributed by atoms with van der Waals surface area (Å²) in [5, 5.41) is 0. The molecule has 0 aromatic rings. The molecule has 0 unspecified atom stereocenters. The molecule has 0 amide bonds. The van der Waals surface area contributed by atoms with Crippen molar-refractivity contribution < 1.29 is 83.8 Å². The molecular weight excluding hydrogens is 344 g/mol. The third-order valence-corrected chi connectivity index (χ3v) is 0. The Morgan fingerprint density at radius 2 is 0.429 bits per heavy atom. The van der Waals surface area contributed by atoms with Gasteiger partial charge in [-0.1, -0.05) is 0 Å². The van der Waals surface area contributed by atoms with Crippen molar-refractivity contribution in [3.63, 3.8) is 0 Å². The first-order valence-corrected chi connectivity index (χ1v) is 0. The summed E-state index contributed by atoms with van der Waals surface area (Å²) in [6, 6.07) is 0. The fourth-order valence-corrected chi connectivity index (χ4v) is 0. The van der Waals surface area contributed by atoms with Gasteiger partial charge in [0.25, 0.3) is 0 Å². The van der Waals surface area contributed by atoms with E-state index in [0.717, 1.165) is 0 Å². The molecule has 0 aromatic heterocycles. The summed E-state index contributed by atoms with van der Waals surface area (Å²) in [7, 11) is 0. The summed E-state index contributed by atoms with van der Waals surface area (Å²) in [6.07, 6.45) is 0. The van der Waals surface area contributed by atoms with Crippen LogP contribution >= 0.6 is 0 Å². The van der Waals surface area contributed by atoms with Gasteiger partial charge in [0.05, 0.1) is 0 Å². The molecule has 0 heterocycles. The Kier molecular flexibility index (Phi) is 843. The number of hydrogen-bond acceptors (Lipinski definition) is 0. The van der Waals surface area contributed by atoms with Gasteiger partial charge in [0.2, 0.25) is 0 Å². The summed E-state index contributed by atoms with van der Waals surface area (Å²) in [6.45, 7) is 0. The zero-order chi connectivity index (χ0) is 0. The topological polar surface area (TPSA) is 0 Å². The first-order chi connectivity index (χ1) is 0. The van der Waals surface area contributed by atoms with Gasteiger partial charge in [0.15, 0.2) is 0 Å². The maximum absolute atomic E-state index is 0. The van der Waals surface area contributed by atoms with Crippen LogP contribution in [0.5, 0.6) is 0 Å². The van der Waals surface area contributed by atoms with Gasteiger partial charge in [-0.15, -0.1) is 0 Å². The minimum absolute atomic E-state index is 0. The van der Waals surface area contributed by atoms with Gasteiger partial charge in [-0.2, -0.15) is 0 Å². The second-order valence-corrected chi connectivity index (χ2v) is 0. The molecule has 0 aliphatic heterocycles. The van der Waals surface area contributed by atoms with Gasteiger partial charge >= 0.3 is 45.6 Å². The quantitative estimate of drug-likeness (QED) is 0.383. The average molecular weight is 344 g/mol. The molecule has 0 nitrogen and oxygen atoms in total. The predicted molar refractivity (Wildman–Crippen MR) is 5.75 cm³/mol. The van der Waals surface area contributed by atoms with Gasteiger partial charge in [-0.25, -0.2) is 0 Å². The molecule has 0 aliphatic rings. The average Bonchev–Trinajstić information content (AvgIpc) is 0. The van der Waals surface area contributed by atoms with Crippen LogP contribution in [0.4, 0.5) is 0 Å². The van der Waals surface area contributed by atoms with E-state index in [-0.39, 0.29) is 108 Å². The summed E-state index contributed by atoms with van der Waals surface area (Å²) in [5.74, 6) is 0. The fourth-order valence-electron chi connectivity index (χ4n) is 0. The zero-order valence-electron chi connectivity index (χ0n) is 2.89. The summed E-state index contributed by atoms with van der Waals surface area (Å²) >= 11 is 0. The van der Waals surface area contributed by atoms with Crippen LogP contribution in [0, 0.1) is 0 Å². The van der Waals surface area contributed by atoms with Crippen molar-refractivity contribution in [2.45, 2.75) is 0 Å². The van der Waals surface area contributed by atoms with E-state index in [4.69, 9.17) is 0 Å². The first kappa shape index (κ1) is 91.2. The Labute approximate surface area is 106 Å². The normalized spacial score (nSPS) is 0.